The zero-order valence-electron chi connectivity index (χ0n) is 15.5. The molecule has 2 N–H and O–H groups in total. The van der Waals surface area contributed by atoms with Gasteiger partial charge in [0.05, 0.1) is 12.2 Å². The van der Waals surface area contributed by atoms with E-state index >= 15 is 0 Å². The molecule has 0 unspecified atom stereocenters. The fourth-order valence-electron chi connectivity index (χ4n) is 2.90. The standard InChI is InChI=1S/C19H25N5OS.HI/c1-2-20-19(23-13-16-5-3-4-9-21-16)22-10-6-18(25)24-11-7-17-15(14-24)8-12-26-17;/h3-5,8-9,12H,2,6-7,10-11,13-14H2,1H3,(H2,20,22,23);1H. The van der Waals surface area contributed by atoms with Gasteiger partial charge < -0.3 is 15.5 Å². The first-order valence-corrected chi connectivity index (χ1v) is 9.89. The molecule has 0 bridgehead atoms. The van der Waals surface area contributed by atoms with Crippen molar-refractivity contribution in [3.63, 3.8) is 0 Å². The van der Waals surface area contributed by atoms with Crippen LogP contribution >= 0.6 is 35.3 Å². The number of hydrogen-bond acceptors (Lipinski definition) is 4. The van der Waals surface area contributed by atoms with E-state index in [4.69, 9.17) is 0 Å². The summed E-state index contributed by atoms with van der Waals surface area (Å²) in [6.07, 6.45) is 3.20. The molecule has 27 heavy (non-hydrogen) atoms. The van der Waals surface area contributed by atoms with E-state index in [1.54, 1.807) is 17.5 Å². The molecule has 0 atom stereocenters. The maximum absolute atomic E-state index is 12.5. The Morgan fingerprint density at radius 3 is 3.00 bits per heavy atom. The molecule has 146 valence electrons. The zero-order valence-corrected chi connectivity index (χ0v) is 18.6. The molecule has 0 radical (unpaired) electrons. The minimum Gasteiger partial charge on any atom is -0.357 e. The molecule has 1 aliphatic heterocycles. The molecule has 2 aromatic heterocycles. The number of guanidine groups is 1. The Balaban J connectivity index is 0.00000261. The molecule has 0 saturated heterocycles. The van der Waals surface area contributed by atoms with Crippen LogP contribution in [0.4, 0.5) is 0 Å². The Morgan fingerprint density at radius 2 is 2.22 bits per heavy atom. The molecule has 1 amide bonds. The lowest BCUT2D eigenvalue weighted by molar-refractivity contribution is -0.131. The van der Waals surface area contributed by atoms with Gasteiger partial charge in [-0.25, -0.2) is 4.99 Å². The summed E-state index contributed by atoms with van der Waals surface area (Å²) in [6.45, 7) is 5.44. The Kier molecular flexibility index (Phi) is 8.99. The largest absolute Gasteiger partial charge is 0.357 e. The van der Waals surface area contributed by atoms with Crippen molar-refractivity contribution in [3.8, 4) is 0 Å². The molecule has 8 heteroatoms. The van der Waals surface area contributed by atoms with Crippen molar-refractivity contribution in [3.05, 3.63) is 52.0 Å². The fraction of sp³-hybridized carbons (Fsp3) is 0.421. The number of pyridine rings is 1. The average Bonchev–Trinajstić information content (AvgIpc) is 3.14. The minimum atomic E-state index is 0. The van der Waals surface area contributed by atoms with Gasteiger partial charge in [-0.3, -0.25) is 9.78 Å². The summed E-state index contributed by atoms with van der Waals surface area (Å²) < 4.78 is 0. The number of rotatable bonds is 6. The highest BCUT2D eigenvalue weighted by Crippen LogP contribution is 2.24. The van der Waals surface area contributed by atoms with Gasteiger partial charge in [-0.15, -0.1) is 35.3 Å². The van der Waals surface area contributed by atoms with Crippen molar-refractivity contribution in [1.29, 1.82) is 0 Å². The molecular formula is C19H26IN5OS. The second-order valence-corrected chi connectivity index (χ2v) is 7.13. The van der Waals surface area contributed by atoms with E-state index in [0.717, 1.165) is 31.7 Å². The molecule has 3 heterocycles. The van der Waals surface area contributed by atoms with Crippen LogP contribution in [0.2, 0.25) is 0 Å². The van der Waals surface area contributed by atoms with E-state index in [9.17, 15) is 4.79 Å². The zero-order chi connectivity index (χ0) is 18.2. The van der Waals surface area contributed by atoms with E-state index in [1.165, 1.54) is 10.4 Å². The number of aliphatic imine (C=N–C) groups is 1. The van der Waals surface area contributed by atoms with Gasteiger partial charge in [0.15, 0.2) is 5.96 Å². The number of thiophene rings is 1. The van der Waals surface area contributed by atoms with Crippen LogP contribution in [0.15, 0.2) is 40.8 Å². The van der Waals surface area contributed by atoms with Gasteiger partial charge in [0.1, 0.15) is 0 Å². The van der Waals surface area contributed by atoms with Gasteiger partial charge in [-0.05, 0) is 42.5 Å². The van der Waals surface area contributed by atoms with Gasteiger partial charge in [-0.1, -0.05) is 6.07 Å². The first-order valence-electron chi connectivity index (χ1n) is 9.01. The SMILES string of the molecule is CCNC(=NCc1ccccn1)NCCC(=O)N1CCc2sccc2C1.I. The maximum Gasteiger partial charge on any atom is 0.224 e. The van der Waals surface area contributed by atoms with E-state index in [1.807, 2.05) is 30.0 Å². The lowest BCUT2D eigenvalue weighted by Gasteiger charge is -2.27. The summed E-state index contributed by atoms with van der Waals surface area (Å²) in [5.74, 6) is 0.902. The van der Waals surface area contributed by atoms with Crippen molar-refractivity contribution in [2.75, 3.05) is 19.6 Å². The van der Waals surface area contributed by atoms with Gasteiger partial charge in [0, 0.05) is 43.7 Å². The van der Waals surface area contributed by atoms with Crippen LogP contribution < -0.4 is 10.6 Å². The molecule has 6 nitrogen and oxygen atoms in total. The summed E-state index contributed by atoms with van der Waals surface area (Å²) >= 11 is 1.79. The number of fused-ring (bicyclic) bond motifs is 1. The van der Waals surface area contributed by atoms with Gasteiger partial charge >= 0.3 is 0 Å². The van der Waals surface area contributed by atoms with Crippen LogP contribution in [0.25, 0.3) is 0 Å². The van der Waals surface area contributed by atoms with Crippen molar-refractivity contribution >= 4 is 47.2 Å². The number of nitrogens with one attached hydrogen (secondary N) is 2. The first-order chi connectivity index (χ1) is 12.8. The Labute approximate surface area is 181 Å². The quantitative estimate of drug-likeness (QED) is 0.365. The van der Waals surface area contributed by atoms with Crippen molar-refractivity contribution in [2.24, 2.45) is 4.99 Å². The number of amides is 1. The minimum absolute atomic E-state index is 0. The molecule has 0 saturated carbocycles. The maximum atomic E-state index is 12.5. The van der Waals surface area contributed by atoms with E-state index in [0.29, 0.717) is 25.5 Å². The van der Waals surface area contributed by atoms with Crippen molar-refractivity contribution in [2.45, 2.75) is 32.9 Å². The van der Waals surface area contributed by atoms with Crippen molar-refractivity contribution in [1.82, 2.24) is 20.5 Å². The highest BCUT2D eigenvalue weighted by Gasteiger charge is 2.20. The number of nitrogens with zero attached hydrogens (tertiary/aromatic N) is 3. The van der Waals surface area contributed by atoms with Crippen LogP contribution in [-0.4, -0.2) is 41.4 Å². The van der Waals surface area contributed by atoms with Crippen LogP contribution in [0, 0.1) is 0 Å². The third-order valence-corrected chi connectivity index (χ3v) is 5.28. The summed E-state index contributed by atoms with van der Waals surface area (Å²) in [5, 5.41) is 8.56. The molecule has 0 fully saturated rings. The molecule has 1 aliphatic rings. The lowest BCUT2D eigenvalue weighted by Crippen LogP contribution is -2.41. The second kappa shape index (κ2) is 11.2. The van der Waals surface area contributed by atoms with Crippen LogP contribution in [0.5, 0.6) is 0 Å². The summed E-state index contributed by atoms with van der Waals surface area (Å²) in [7, 11) is 0. The monoisotopic (exact) mass is 499 g/mol. The average molecular weight is 499 g/mol. The Morgan fingerprint density at radius 1 is 1.33 bits per heavy atom. The first kappa shape index (κ1) is 21.6. The normalized spacial score (nSPS) is 13.5. The van der Waals surface area contributed by atoms with Gasteiger partial charge in [-0.2, -0.15) is 0 Å². The Hall–Kier alpha value is -1.68. The van der Waals surface area contributed by atoms with E-state index < -0.39 is 0 Å². The van der Waals surface area contributed by atoms with Gasteiger partial charge in [0.2, 0.25) is 5.91 Å². The summed E-state index contributed by atoms with van der Waals surface area (Å²) in [6, 6.07) is 7.92. The number of aromatic nitrogens is 1. The molecule has 3 rings (SSSR count). The van der Waals surface area contributed by atoms with Gasteiger partial charge in [0.25, 0.3) is 0 Å². The number of halogens is 1. The Bertz CT molecular complexity index is 750. The van der Waals surface area contributed by atoms with Crippen molar-refractivity contribution < 1.29 is 4.79 Å². The molecule has 0 spiro atoms. The van der Waals surface area contributed by atoms with E-state index in [-0.39, 0.29) is 29.9 Å². The van der Waals surface area contributed by atoms with Crippen LogP contribution in [0.3, 0.4) is 0 Å². The summed E-state index contributed by atoms with van der Waals surface area (Å²) in [5.41, 5.74) is 2.22. The number of carbonyl (C=O) groups is 1. The summed E-state index contributed by atoms with van der Waals surface area (Å²) in [4.78, 5) is 24.6. The second-order valence-electron chi connectivity index (χ2n) is 6.13. The topological polar surface area (TPSA) is 69.6 Å². The fourth-order valence-corrected chi connectivity index (χ4v) is 3.79. The predicted molar refractivity (Wildman–Crippen MR) is 121 cm³/mol. The highest BCUT2D eigenvalue weighted by atomic mass is 127. The van der Waals surface area contributed by atoms with Crippen LogP contribution in [-0.2, 0) is 24.3 Å². The number of carbonyl (C=O) groups excluding carboxylic acids is 1. The highest BCUT2D eigenvalue weighted by molar-refractivity contribution is 14.0. The molecular weight excluding hydrogens is 473 g/mol. The molecule has 0 aliphatic carbocycles. The molecule has 0 aromatic carbocycles. The van der Waals surface area contributed by atoms with Crippen LogP contribution in [0.1, 0.15) is 29.5 Å². The smallest absolute Gasteiger partial charge is 0.224 e. The predicted octanol–water partition coefficient (Wildman–Crippen LogP) is 2.79. The molecule has 2 aromatic rings. The third-order valence-electron chi connectivity index (χ3n) is 4.26. The number of hydrogen-bond donors (Lipinski definition) is 2. The van der Waals surface area contributed by atoms with E-state index in [2.05, 4.69) is 32.1 Å². The lowest BCUT2D eigenvalue weighted by atomic mass is 10.1. The third kappa shape index (κ3) is 6.46.